The Morgan fingerprint density at radius 1 is 0.935 bits per heavy atom. The van der Waals surface area contributed by atoms with Crippen LogP contribution in [0.1, 0.15) is 49.7 Å². The fourth-order valence-corrected chi connectivity index (χ4v) is 7.57. The molecule has 11 nitrogen and oxygen atoms in total. The SMILES string of the molecule is Cc1cc(S(=O)(=O)NC2CC2)ccc1-c1ccc(CC(NC(=O)C2CCC(CN)CC2)C(=O)Nc2ccc3c(=O)[nH][nH]c3c2)cc1. The molecule has 2 saturated carbocycles. The van der Waals surface area contributed by atoms with Gasteiger partial charge in [0, 0.05) is 24.1 Å². The van der Waals surface area contributed by atoms with Crippen molar-refractivity contribution < 1.29 is 18.0 Å². The number of nitrogens with two attached hydrogens (primary N) is 1. The van der Waals surface area contributed by atoms with Crippen LogP contribution in [0, 0.1) is 18.8 Å². The van der Waals surface area contributed by atoms with Gasteiger partial charge in [-0.15, -0.1) is 0 Å². The fraction of sp³-hybridized carbons (Fsp3) is 0.382. The number of aromatic nitrogens is 2. The summed E-state index contributed by atoms with van der Waals surface area (Å²) in [4.78, 5) is 39.1. The van der Waals surface area contributed by atoms with Gasteiger partial charge in [0.15, 0.2) is 0 Å². The average molecular weight is 645 g/mol. The Hall–Kier alpha value is -4.26. The van der Waals surface area contributed by atoms with Gasteiger partial charge in [0.2, 0.25) is 21.8 Å². The first-order chi connectivity index (χ1) is 22.1. The average Bonchev–Trinajstić information content (AvgIpc) is 3.79. The highest BCUT2D eigenvalue weighted by atomic mass is 32.2. The Kier molecular flexibility index (Phi) is 9.12. The van der Waals surface area contributed by atoms with Crippen LogP contribution in [-0.2, 0) is 26.0 Å². The summed E-state index contributed by atoms with van der Waals surface area (Å²) >= 11 is 0. The number of benzene rings is 3. The van der Waals surface area contributed by atoms with Crippen LogP contribution in [0.3, 0.4) is 0 Å². The largest absolute Gasteiger partial charge is 0.344 e. The summed E-state index contributed by atoms with van der Waals surface area (Å²) in [6.45, 7) is 2.50. The van der Waals surface area contributed by atoms with Crippen LogP contribution in [0.4, 0.5) is 5.69 Å². The molecule has 0 aliphatic heterocycles. The van der Waals surface area contributed by atoms with Crippen LogP contribution < -0.4 is 26.6 Å². The van der Waals surface area contributed by atoms with E-state index in [1.165, 1.54) is 0 Å². The summed E-state index contributed by atoms with van der Waals surface area (Å²) in [6, 6.07) is 17.0. The van der Waals surface area contributed by atoms with Gasteiger partial charge in [-0.25, -0.2) is 13.1 Å². The van der Waals surface area contributed by atoms with E-state index in [9.17, 15) is 22.8 Å². The maximum atomic E-state index is 13.6. The third-order valence-corrected chi connectivity index (χ3v) is 10.7. The molecule has 0 radical (unpaired) electrons. The van der Waals surface area contributed by atoms with Crippen LogP contribution in [0.25, 0.3) is 22.0 Å². The van der Waals surface area contributed by atoms with Crippen LogP contribution in [0.2, 0.25) is 0 Å². The van der Waals surface area contributed by atoms with E-state index < -0.39 is 16.1 Å². The van der Waals surface area contributed by atoms with Crippen LogP contribution in [0.15, 0.2) is 70.4 Å². The topological polar surface area (TPSA) is 179 Å². The molecule has 46 heavy (non-hydrogen) atoms. The van der Waals surface area contributed by atoms with Crippen molar-refractivity contribution in [2.24, 2.45) is 17.6 Å². The molecule has 12 heteroatoms. The lowest BCUT2D eigenvalue weighted by molar-refractivity contribution is -0.130. The molecule has 6 rings (SSSR count). The summed E-state index contributed by atoms with van der Waals surface area (Å²) in [5.41, 5.74) is 10.2. The number of hydrogen-bond acceptors (Lipinski definition) is 6. The van der Waals surface area contributed by atoms with Crippen LogP contribution in [-0.4, -0.2) is 49.1 Å². The Bertz CT molecular complexity index is 1900. The van der Waals surface area contributed by atoms with Gasteiger partial charge >= 0.3 is 0 Å². The normalized spacial score (nSPS) is 19.1. The maximum absolute atomic E-state index is 13.6. The monoisotopic (exact) mass is 644 g/mol. The molecule has 0 spiro atoms. The fourth-order valence-electron chi connectivity index (χ4n) is 6.18. The molecule has 242 valence electrons. The van der Waals surface area contributed by atoms with E-state index in [0.717, 1.165) is 60.8 Å². The molecule has 1 heterocycles. The Balaban J connectivity index is 1.18. The lowest BCUT2D eigenvalue weighted by Crippen LogP contribution is -2.48. The van der Waals surface area contributed by atoms with Crippen molar-refractivity contribution in [1.29, 1.82) is 0 Å². The summed E-state index contributed by atoms with van der Waals surface area (Å²) in [5, 5.41) is 11.7. The summed E-state index contributed by atoms with van der Waals surface area (Å²) in [6.07, 6.45) is 5.28. The van der Waals surface area contributed by atoms with Gasteiger partial charge in [-0.2, -0.15) is 0 Å². The van der Waals surface area contributed by atoms with Crippen molar-refractivity contribution in [3.63, 3.8) is 0 Å². The highest BCUT2D eigenvalue weighted by Gasteiger charge is 2.30. The molecule has 0 saturated heterocycles. The molecule has 1 aromatic heterocycles. The van der Waals surface area contributed by atoms with Crippen molar-refractivity contribution in [3.8, 4) is 11.1 Å². The zero-order valence-electron chi connectivity index (χ0n) is 25.8. The number of amides is 2. The Morgan fingerprint density at radius 3 is 2.35 bits per heavy atom. The third kappa shape index (κ3) is 7.24. The van der Waals surface area contributed by atoms with E-state index in [4.69, 9.17) is 5.73 Å². The number of nitrogens with one attached hydrogen (secondary N) is 5. The highest BCUT2D eigenvalue weighted by Crippen LogP contribution is 2.30. The van der Waals surface area contributed by atoms with Gasteiger partial charge in [-0.05, 0) is 110 Å². The third-order valence-electron chi connectivity index (χ3n) is 9.14. The molecule has 1 atom stereocenters. The summed E-state index contributed by atoms with van der Waals surface area (Å²) in [7, 11) is -3.55. The molecule has 2 aliphatic rings. The molecule has 4 aromatic rings. The first-order valence-corrected chi connectivity index (χ1v) is 17.3. The van der Waals surface area contributed by atoms with Crippen LogP contribution >= 0.6 is 0 Å². The van der Waals surface area contributed by atoms with Gasteiger partial charge < -0.3 is 16.4 Å². The number of fused-ring (bicyclic) bond motifs is 1. The lowest BCUT2D eigenvalue weighted by atomic mass is 9.81. The smallest absolute Gasteiger partial charge is 0.271 e. The van der Waals surface area contributed by atoms with Crippen molar-refractivity contribution in [2.45, 2.75) is 68.8 Å². The maximum Gasteiger partial charge on any atom is 0.271 e. The highest BCUT2D eigenvalue weighted by molar-refractivity contribution is 7.89. The van der Waals surface area contributed by atoms with Crippen LogP contribution in [0.5, 0.6) is 0 Å². The van der Waals surface area contributed by atoms with Gasteiger partial charge in [0.25, 0.3) is 5.56 Å². The number of aromatic amines is 2. The van der Waals surface area contributed by atoms with E-state index in [1.54, 1.807) is 30.3 Å². The molecular formula is C34H40N6O5S. The van der Waals surface area contributed by atoms with E-state index in [1.807, 2.05) is 37.3 Å². The Morgan fingerprint density at radius 2 is 1.67 bits per heavy atom. The van der Waals surface area contributed by atoms with E-state index >= 15 is 0 Å². The minimum atomic E-state index is -3.55. The van der Waals surface area contributed by atoms with E-state index in [2.05, 4.69) is 25.6 Å². The molecule has 2 amide bonds. The number of H-pyrrole nitrogens is 2. The zero-order valence-corrected chi connectivity index (χ0v) is 26.6. The first-order valence-electron chi connectivity index (χ1n) is 15.8. The van der Waals surface area contributed by atoms with Crippen molar-refractivity contribution in [3.05, 3.63) is 82.1 Å². The lowest BCUT2D eigenvalue weighted by Gasteiger charge is -2.28. The zero-order chi connectivity index (χ0) is 32.4. The minimum absolute atomic E-state index is 0.0350. The summed E-state index contributed by atoms with van der Waals surface area (Å²) in [5.74, 6) is -0.242. The second kappa shape index (κ2) is 13.2. The molecule has 2 aliphatic carbocycles. The molecule has 0 bridgehead atoms. The standard InChI is InChI=1S/C34H40N6O5S/c1-20-16-27(46(44,45)40-25-10-11-25)13-15-28(20)23-6-2-21(3-7-23)17-31(37-32(41)24-8-4-22(19-35)5-9-24)34(43)36-26-12-14-29-30(18-26)38-39-33(29)42/h2-3,6-7,12-16,18,22,24-25,31,40H,4-5,8-11,17,19,35H2,1H3,(H,36,43)(H,37,41)(H2,38,39,42). The van der Waals surface area contributed by atoms with Crippen molar-refractivity contribution in [1.82, 2.24) is 20.2 Å². The molecule has 3 aromatic carbocycles. The van der Waals surface area contributed by atoms with E-state index in [-0.39, 0.29) is 40.6 Å². The number of carbonyl (C=O) groups excluding carboxylic acids is 2. The van der Waals surface area contributed by atoms with E-state index in [0.29, 0.717) is 29.1 Å². The number of rotatable bonds is 11. The number of carbonyl (C=O) groups is 2. The molecule has 2 fully saturated rings. The second-order valence-corrected chi connectivity index (χ2v) is 14.3. The number of anilines is 1. The number of aryl methyl sites for hydroxylation is 1. The second-order valence-electron chi connectivity index (χ2n) is 12.6. The molecule has 7 N–H and O–H groups in total. The first kappa shape index (κ1) is 31.7. The van der Waals surface area contributed by atoms with Gasteiger partial charge in [-0.1, -0.05) is 30.3 Å². The van der Waals surface area contributed by atoms with Gasteiger partial charge in [-0.3, -0.25) is 24.6 Å². The predicted molar refractivity (Wildman–Crippen MR) is 178 cm³/mol. The predicted octanol–water partition coefficient (Wildman–Crippen LogP) is 3.70. The minimum Gasteiger partial charge on any atom is -0.344 e. The molecular weight excluding hydrogens is 604 g/mol. The van der Waals surface area contributed by atoms with Crippen molar-refractivity contribution >= 4 is 38.4 Å². The number of hydrogen-bond donors (Lipinski definition) is 6. The quantitative estimate of drug-likeness (QED) is 0.145. The number of sulfonamides is 1. The molecule has 1 unspecified atom stereocenters. The van der Waals surface area contributed by atoms with Gasteiger partial charge in [0.05, 0.1) is 15.8 Å². The van der Waals surface area contributed by atoms with Crippen molar-refractivity contribution in [2.75, 3.05) is 11.9 Å². The Labute approximate surface area is 267 Å². The van der Waals surface area contributed by atoms with Gasteiger partial charge in [0.1, 0.15) is 6.04 Å². The summed E-state index contributed by atoms with van der Waals surface area (Å²) < 4.78 is 28.1.